The fourth-order valence-electron chi connectivity index (χ4n) is 4.66. The topological polar surface area (TPSA) is 88.3 Å². The Morgan fingerprint density at radius 2 is 1.94 bits per heavy atom. The fourth-order valence-corrected chi connectivity index (χ4v) is 5.47. The van der Waals surface area contributed by atoms with Gasteiger partial charge in [0.25, 0.3) is 0 Å². The lowest BCUT2D eigenvalue weighted by Crippen LogP contribution is -2.45. The van der Waals surface area contributed by atoms with Crippen LogP contribution >= 0.6 is 11.3 Å². The smallest absolute Gasteiger partial charge is 0.248 e. The van der Waals surface area contributed by atoms with Crippen LogP contribution in [0.25, 0.3) is 10.4 Å². The van der Waals surface area contributed by atoms with Gasteiger partial charge in [-0.05, 0) is 42.9 Å². The first-order valence-corrected chi connectivity index (χ1v) is 12.6. The largest absolute Gasteiger partial charge is 0.391 e. The van der Waals surface area contributed by atoms with E-state index in [9.17, 15) is 14.7 Å². The minimum absolute atomic E-state index is 0.000918. The average molecular weight is 481 g/mol. The molecular weight excluding hydrogens is 448 g/mol. The van der Waals surface area contributed by atoms with Crippen molar-refractivity contribution in [3.8, 4) is 10.4 Å². The van der Waals surface area contributed by atoms with E-state index in [0.717, 1.165) is 27.3 Å². The monoisotopic (exact) mass is 480 g/mol. The van der Waals surface area contributed by atoms with Gasteiger partial charge in [0.05, 0.1) is 34.4 Å². The van der Waals surface area contributed by atoms with Crippen LogP contribution in [0.2, 0.25) is 0 Å². The Hall–Kier alpha value is -2.84. The van der Waals surface area contributed by atoms with Gasteiger partial charge in [-0.15, -0.1) is 11.3 Å². The summed E-state index contributed by atoms with van der Waals surface area (Å²) in [6.07, 6.45) is 4.10. The van der Waals surface area contributed by atoms with E-state index in [1.165, 1.54) is 0 Å². The first-order valence-electron chi connectivity index (χ1n) is 11.8. The van der Waals surface area contributed by atoms with Crippen LogP contribution in [-0.4, -0.2) is 55.2 Å². The van der Waals surface area contributed by atoms with Gasteiger partial charge in [0, 0.05) is 25.6 Å². The Morgan fingerprint density at radius 3 is 2.53 bits per heavy atom. The molecule has 3 atom stereocenters. The first kappa shape index (κ1) is 24.3. The molecule has 1 aliphatic rings. The summed E-state index contributed by atoms with van der Waals surface area (Å²) in [4.78, 5) is 33.7. The van der Waals surface area contributed by atoms with Gasteiger partial charge < -0.3 is 10.0 Å². The second-order valence-electron chi connectivity index (χ2n) is 9.51. The summed E-state index contributed by atoms with van der Waals surface area (Å²) in [6, 6.07) is 7.12. The minimum Gasteiger partial charge on any atom is -0.391 e. The Morgan fingerprint density at radius 1 is 1.21 bits per heavy atom. The highest BCUT2D eigenvalue weighted by molar-refractivity contribution is 7.13. The number of ketones is 1. The molecule has 2 aromatic heterocycles. The number of rotatable bonds is 8. The summed E-state index contributed by atoms with van der Waals surface area (Å²) in [6.45, 7) is 8.06. The highest BCUT2D eigenvalue weighted by Gasteiger charge is 2.42. The number of carbonyl (C=O) groups is 2. The van der Waals surface area contributed by atoms with Crippen LogP contribution in [0.15, 0.2) is 42.2 Å². The Kier molecular flexibility index (Phi) is 7.28. The molecule has 1 aromatic carbocycles. The van der Waals surface area contributed by atoms with Gasteiger partial charge in [0.15, 0.2) is 5.78 Å². The summed E-state index contributed by atoms with van der Waals surface area (Å²) >= 11 is 1.62. The number of aliphatic hydroxyl groups is 1. The maximum atomic E-state index is 13.5. The third-order valence-corrected chi connectivity index (χ3v) is 7.43. The van der Waals surface area contributed by atoms with Crippen molar-refractivity contribution in [1.29, 1.82) is 0 Å². The maximum Gasteiger partial charge on any atom is 0.248 e. The highest BCUT2D eigenvalue weighted by Crippen LogP contribution is 2.29. The Labute approximate surface area is 204 Å². The molecule has 8 heteroatoms. The molecule has 0 spiro atoms. The normalized spacial score (nSPS) is 19.1. The van der Waals surface area contributed by atoms with Gasteiger partial charge in [-0.3, -0.25) is 14.3 Å². The summed E-state index contributed by atoms with van der Waals surface area (Å²) in [5, 5.41) is 14.7. The molecule has 4 rings (SSSR count). The molecule has 3 heterocycles. The number of hydrogen-bond donors (Lipinski definition) is 1. The van der Waals surface area contributed by atoms with Crippen molar-refractivity contribution in [1.82, 2.24) is 19.7 Å². The zero-order valence-corrected chi connectivity index (χ0v) is 21.0. The van der Waals surface area contributed by atoms with Crippen LogP contribution in [0.3, 0.4) is 0 Å². The van der Waals surface area contributed by atoms with Gasteiger partial charge in [-0.2, -0.15) is 5.10 Å². The van der Waals surface area contributed by atoms with Crippen molar-refractivity contribution in [2.75, 3.05) is 6.54 Å². The summed E-state index contributed by atoms with van der Waals surface area (Å²) in [5.41, 5.74) is 6.03. The van der Waals surface area contributed by atoms with Gasteiger partial charge in [0.2, 0.25) is 5.91 Å². The number of amides is 1. The lowest BCUT2D eigenvalue weighted by Gasteiger charge is -2.30. The molecule has 0 unspecified atom stereocenters. The molecule has 7 nitrogen and oxygen atoms in total. The van der Waals surface area contributed by atoms with E-state index in [0.29, 0.717) is 12.8 Å². The van der Waals surface area contributed by atoms with Gasteiger partial charge in [-0.25, -0.2) is 4.98 Å². The number of aromatic nitrogens is 3. The number of carbonyl (C=O) groups excluding carboxylic acids is 2. The van der Waals surface area contributed by atoms with E-state index < -0.39 is 18.2 Å². The molecule has 1 fully saturated rings. The van der Waals surface area contributed by atoms with Crippen molar-refractivity contribution in [2.45, 2.75) is 65.1 Å². The van der Waals surface area contributed by atoms with Crippen LogP contribution in [0.4, 0.5) is 0 Å². The predicted octanol–water partition coefficient (Wildman–Crippen LogP) is 3.98. The van der Waals surface area contributed by atoms with Crippen LogP contribution < -0.4 is 0 Å². The van der Waals surface area contributed by atoms with Crippen LogP contribution in [0.5, 0.6) is 0 Å². The number of hydrogen-bond acceptors (Lipinski definition) is 6. The van der Waals surface area contributed by atoms with E-state index in [2.05, 4.69) is 22.2 Å². The fraction of sp³-hybridized carbons (Fsp3) is 0.462. The van der Waals surface area contributed by atoms with Crippen molar-refractivity contribution in [3.05, 3.63) is 59.0 Å². The zero-order valence-electron chi connectivity index (χ0n) is 20.1. The molecule has 3 aromatic rings. The quantitative estimate of drug-likeness (QED) is 0.527. The Balaban J connectivity index is 1.43. The average Bonchev–Trinajstić information content (AvgIpc) is 3.52. The first-order chi connectivity index (χ1) is 16.2. The van der Waals surface area contributed by atoms with E-state index >= 15 is 0 Å². The van der Waals surface area contributed by atoms with E-state index in [4.69, 9.17) is 0 Å². The number of nitrogens with zero attached hydrogens (tertiary/aromatic N) is 4. The minimum atomic E-state index is -0.688. The van der Waals surface area contributed by atoms with Crippen molar-refractivity contribution >= 4 is 23.0 Å². The molecule has 1 amide bonds. The van der Waals surface area contributed by atoms with Crippen molar-refractivity contribution < 1.29 is 14.7 Å². The molecule has 1 saturated heterocycles. The van der Waals surface area contributed by atoms with E-state index in [-0.39, 0.29) is 30.6 Å². The maximum absolute atomic E-state index is 13.5. The predicted molar refractivity (Wildman–Crippen MR) is 133 cm³/mol. The molecule has 180 valence electrons. The molecular formula is C26H32N4O3S. The number of likely N-dealkylation sites (tertiary alicyclic amines) is 1. The molecule has 34 heavy (non-hydrogen) atoms. The van der Waals surface area contributed by atoms with Gasteiger partial charge in [0.1, 0.15) is 6.04 Å². The summed E-state index contributed by atoms with van der Waals surface area (Å²) < 4.78 is 1.68. The molecule has 0 bridgehead atoms. The molecule has 0 aliphatic carbocycles. The van der Waals surface area contributed by atoms with Crippen LogP contribution in [-0.2, 0) is 16.0 Å². The zero-order chi connectivity index (χ0) is 24.4. The number of β-amino-alcohol motifs (C(OH)–C–C–N with tert-alkyl or cyclic N) is 1. The molecule has 1 aliphatic heterocycles. The van der Waals surface area contributed by atoms with E-state index in [1.54, 1.807) is 27.1 Å². The molecule has 1 N–H and O–H groups in total. The Bertz CT molecular complexity index is 1150. The summed E-state index contributed by atoms with van der Waals surface area (Å²) in [7, 11) is 0. The SMILES string of the molecule is Cc1cnn([C@H](C(=O)N2C[C@H](O)C[C@H]2C(=O)CCc2ccc(-c3scnc3C)cc2)C(C)C)c1. The second kappa shape index (κ2) is 10.2. The number of Topliss-reactive ketones (excluding diaryl/α,β-unsaturated/α-hetero) is 1. The number of benzene rings is 1. The third-order valence-electron chi connectivity index (χ3n) is 6.46. The van der Waals surface area contributed by atoms with Crippen molar-refractivity contribution in [3.63, 3.8) is 0 Å². The number of thiazole rings is 1. The van der Waals surface area contributed by atoms with Gasteiger partial charge >= 0.3 is 0 Å². The third kappa shape index (κ3) is 5.13. The number of aryl methyl sites for hydroxylation is 3. The van der Waals surface area contributed by atoms with E-state index in [1.807, 2.05) is 51.5 Å². The van der Waals surface area contributed by atoms with Crippen LogP contribution in [0, 0.1) is 19.8 Å². The van der Waals surface area contributed by atoms with Crippen molar-refractivity contribution in [2.24, 2.45) is 5.92 Å². The lowest BCUT2D eigenvalue weighted by molar-refractivity contribution is -0.141. The second-order valence-corrected chi connectivity index (χ2v) is 10.4. The molecule has 0 saturated carbocycles. The lowest BCUT2D eigenvalue weighted by atomic mass is 9.98. The summed E-state index contributed by atoms with van der Waals surface area (Å²) in [5.74, 6) is -0.162. The number of aliphatic hydroxyl groups excluding tert-OH is 1. The molecule has 0 radical (unpaired) electrons. The van der Waals surface area contributed by atoms with Crippen LogP contribution in [0.1, 0.15) is 49.6 Å². The highest BCUT2D eigenvalue weighted by atomic mass is 32.1. The van der Waals surface area contributed by atoms with Gasteiger partial charge in [-0.1, -0.05) is 38.1 Å². The standard InChI is InChI=1S/C26H32N4O3S/c1-16(2)24(30-13-17(3)12-28-30)26(33)29-14-21(31)11-22(29)23(32)10-7-19-5-8-20(9-6-19)25-18(4)27-15-34-25/h5-6,8-9,12-13,15-16,21-22,24,31H,7,10-11,14H2,1-4H3/t21-,22+,24+/m1/s1.